The molecule has 2 saturated carbocycles. The highest BCUT2D eigenvalue weighted by Crippen LogP contribution is 2.71. The van der Waals surface area contributed by atoms with E-state index in [1.807, 2.05) is 0 Å². The molecule has 0 saturated heterocycles. The molecule has 2 fully saturated rings. The topological polar surface area (TPSA) is 17.4 Å². The van der Waals surface area contributed by atoms with Gasteiger partial charge in [-0.2, -0.15) is 10.9 Å². The van der Waals surface area contributed by atoms with E-state index in [-0.39, 0.29) is 33.3 Å². The summed E-state index contributed by atoms with van der Waals surface area (Å²) in [5, 5.41) is 2.84. The van der Waals surface area contributed by atoms with E-state index < -0.39 is 10.9 Å². The first kappa shape index (κ1) is 49.3. The third-order valence-electron chi connectivity index (χ3n) is 19.7. The predicted molar refractivity (Wildman–Crippen MR) is 334 cm³/mol. The van der Waals surface area contributed by atoms with Crippen LogP contribution in [0.1, 0.15) is 152 Å². The highest BCUT2D eigenvalue weighted by Gasteiger charge is 2.51. The van der Waals surface area contributed by atoms with Crippen molar-refractivity contribution in [2.75, 3.05) is 4.90 Å². The summed E-state index contributed by atoms with van der Waals surface area (Å²) in [6.07, 6.45) is 15.9. The van der Waals surface area contributed by atoms with Crippen molar-refractivity contribution >= 4 is 55.3 Å². The highest BCUT2D eigenvalue weighted by atomic mass is 32.2. The number of benzene rings is 7. The summed E-state index contributed by atoms with van der Waals surface area (Å²) in [5.74, 6) is 4.79. The molecular formula is C75H76N2OS. The molecule has 0 amide bonds. The number of rotatable bonds is 7. The summed E-state index contributed by atoms with van der Waals surface area (Å²) >= 11 is 0. The predicted octanol–water partition coefficient (Wildman–Crippen LogP) is 20.5. The van der Waals surface area contributed by atoms with E-state index in [0.717, 1.165) is 59.7 Å². The number of aromatic nitrogens is 1. The van der Waals surface area contributed by atoms with Crippen molar-refractivity contribution in [3.63, 3.8) is 0 Å². The van der Waals surface area contributed by atoms with Crippen LogP contribution in [0, 0.1) is 28.6 Å². The van der Waals surface area contributed by atoms with Gasteiger partial charge in [-0.1, -0.05) is 207 Å². The lowest BCUT2D eigenvalue weighted by atomic mass is 9.72. The number of allylic oxidation sites excluding steroid dienone is 7. The standard InChI is InChI=1S/C75H76N2OS/c1-73(2,3)47-34-36-54-59(39-47)60-40-49(75(7,8)9)42-66-69(60)68(54)61-43-52(44-64-72(61)79(66)65-41-48(74(4,5)6)35-37-63(65)78-64)77-70-55(30-20-32-57(70)67(45-22-13-10-14-23-45)53-29-19-24-46-38-58(46)53)56-31-21-33-62(71(56)77)76(50-25-15-11-16-26-50)51-27-17-12-18-28-51/h10-18,20-23,25-28,30-33,35,37,39-40,42-44,46,53,58,65,67-68,79H,19,24,29,34,36,38,41H2,1-9H3. The van der Waals surface area contributed by atoms with Crippen LogP contribution in [0.3, 0.4) is 0 Å². The SMILES string of the molecule is CC(C)(C)C1=CC2=C(CC1)C1c3cc(-n4c5c(C(c6ccccc6)C6CCCC7CC76)cccc5c5cccc(N(c6ccccc6)c6ccccc6)c54)cc4c3[SH](c3cc(C(C)(C)C)cc2c31)C1CC(C(C)(C)C)=CC=C1O4. The van der Waals surface area contributed by atoms with Crippen LogP contribution in [0.15, 0.2) is 202 Å². The molecule has 15 rings (SSSR count). The number of nitrogens with zero attached hydrogens (tertiary/aromatic N) is 2. The fourth-order valence-electron chi connectivity index (χ4n) is 15.7. The average Bonchev–Trinajstić information content (AvgIpc) is 3.18. The third kappa shape index (κ3) is 7.80. The van der Waals surface area contributed by atoms with Crippen molar-refractivity contribution in [1.29, 1.82) is 0 Å². The Labute approximate surface area is 472 Å². The molecule has 0 spiro atoms. The molecule has 3 nitrogen and oxygen atoms in total. The van der Waals surface area contributed by atoms with Crippen LogP contribution in [0.2, 0.25) is 0 Å². The summed E-state index contributed by atoms with van der Waals surface area (Å²) in [7, 11) is -0.865. The Morgan fingerprint density at radius 1 is 0.646 bits per heavy atom. The zero-order valence-electron chi connectivity index (χ0n) is 47.8. The third-order valence-corrected chi connectivity index (χ3v) is 22.7. The Kier molecular flexibility index (Phi) is 11.2. The number of fused-ring (bicyclic) bond motifs is 10. The molecule has 0 bridgehead atoms. The monoisotopic (exact) mass is 1050 g/mol. The summed E-state index contributed by atoms with van der Waals surface area (Å²) in [6, 6.07) is 58.7. The van der Waals surface area contributed by atoms with Crippen LogP contribution >= 0.6 is 10.9 Å². The van der Waals surface area contributed by atoms with Gasteiger partial charge in [-0.05, 0) is 158 Å². The lowest BCUT2D eigenvalue weighted by Gasteiger charge is -2.47. The van der Waals surface area contributed by atoms with Crippen LogP contribution in [-0.2, 0) is 5.41 Å². The van der Waals surface area contributed by atoms with Crippen molar-refractivity contribution in [1.82, 2.24) is 4.57 Å². The first-order chi connectivity index (χ1) is 38.1. The van der Waals surface area contributed by atoms with Crippen molar-refractivity contribution in [3.05, 3.63) is 226 Å². The molecule has 4 heteroatoms. The molecule has 79 heavy (non-hydrogen) atoms. The summed E-state index contributed by atoms with van der Waals surface area (Å²) in [6.45, 7) is 21.7. The minimum atomic E-state index is -0.865. The molecule has 398 valence electrons. The maximum absolute atomic E-state index is 7.69. The van der Waals surface area contributed by atoms with Crippen molar-refractivity contribution < 1.29 is 4.74 Å². The van der Waals surface area contributed by atoms with Gasteiger partial charge in [0.2, 0.25) is 0 Å². The summed E-state index contributed by atoms with van der Waals surface area (Å²) in [4.78, 5) is 5.57. The van der Waals surface area contributed by atoms with Crippen LogP contribution in [0.5, 0.6) is 5.75 Å². The molecule has 7 aliphatic rings. The molecule has 5 aliphatic carbocycles. The Morgan fingerprint density at radius 2 is 1.33 bits per heavy atom. The number of para-hydroxylation sites is 4. The van der Waals surface area contributed by atoms with Crippen LogP contribution in [0.25, 0.3) is 33.1 Å². The second-order valence-electron chi connectivity index (χ2n) is 27.5. The molecule has 8 aromatic rings. The second-order valence-corrected chi connectivity index (χ2v) is 29.8. The minimum Gasteiger partial charge on any atom is -0.459 e. The van der Waals surface area contributed by atoms with E-state index in [9.17, 15) is 0 Å². The number of hydrogen-bond donors (Lipinski definition) is 1. The second kappa shape index (κ2) is 17.9. The minimum absolute atomic E-state index is 0.0130. The molecule has 7 atom stereocenters. The van der Waals surface area contributed by atoms with Gasteiger partial charge in [0.1, 0.15) is 11.5 Å². The van der Waals surface area contributed by atoms with E-state index >= 15 is 0 Å². The van der Waals surface area contributed by atoms with Crippen LogP contribution in [0.4, 0.5) is 17.1 Å². The van der Waals surface area contributed by atoms with Gasteiger partial charge < -0.3 is 14.2 Å². The van der Waals surface area contributed by atoms with Gasteiger partial charge in [-0.25, -0.2) is 0 Å². The number of hydrogen-bond acceptors (Lipinski definition) is 2. The summed E-state index contributed by atoms with van der Waals surface area (Å²) < 4.78 is 10.4. The van der Waals surface area contributed by atoms with Crippen molar-refractivity contribution in [2.45, 2.75) is 140 Å². The maximum Gasteiger partial charge on any atom is 0.141 e. The Balaban J connectivity index is 1.07. The van der Waals surface area contributed by atoms with E-state index in [0.29, 0.717) is 5.92 Å². The van der Waals surface area contributed by atoms with E-state index in [2.05, 4.69) is 242 Å². The molecule has 0 radical (unpaired) electrons. The maximum atomic E-state index is 7.69. The van der Waals surface area contributed by atoms with E-state index in [1.165, 1.54) is 97.0 Å². The fraction of sp³-hybridized carbons (Fsp3) is 0.333. The molecule has 7 unspecified atom stereocenters. The zero-order chi connectivity index (χ0) is 53.9. The molecule has 2 aliphatic heterocycles. The first-order valence-electron chi connectivity index (χ1n) is 29.8. The van der Waals surface area contributed by atoms with Crippen LogP contribution < -0.4 is 9.64 Å². The zero-order valence-corrected chi connectivity index (χ0v) is 48.7. The average molecular weight is 1050 g/mol. The summed E-state index contributed by atoms with van der Waals surface area (Å²) in [5.41, 5.74) is 22.4. The van der Waals surface area contributed by atoms with Crippen molar-refractivity contribution in [3.8, 4) is 11.4 Å². The van der Waals surface area contributed by atoms with Crippen molar-refractivity contribution in [2.24, 2.45) is 28.6 Å². The van der Waals surface area contributed by atoms with E-state index in [4.69, 9.17) is 4.74 Å². The normalized spacial score (nSPS) is 23.6. The van der Waals surface area contributed by atoms with Crippen LogP contribution in [-0.4, -0.2) is 9.82 Å². The molecule has 3 heterocycles. The fourth-order valence-corrected chi connectivity index (χ4v) is 19.0. The van der Waals surface area contributed by atoms with E-state index in [1.54, 1.807) is 21.6 Å². The first-order valence-corrected chi connectivity index (χ1v) is 31.2. The van der Waals surface area contributed by atoms with Gasteiger partial charge in [0.05, 0.1) is 27.7 Å². The quantitative estimate of drug-likeness (QED) is 0.160. The van der Waals surface area contributed by atoms with Gasteiger partial charge in [0.25, 0.3) is 0 Å². The van der Waals surface area contributed by atoms with Gasteiger partial charge >= 0.3 is 0 Å². The largest absolute Gasteiger partial charge is 0.459 e. The smallest absolute Gasteiger partial charge is 0.141 e. The van der Waals surface area contributed by atoms with Gasteiger partial charge in [-0.3, -0.25) is 0 Å². The highest BCUT2D eigenvalue weighted by molar-refractivity contribution is 8.18. The Bertz CT molecular complexity index is 3900. The Hall–Kier alpha value is -6.75. The van der Waals surface area contributed by atoms with Gasteiger partial charge in [0.15, 0.2) is 0 Å². The number of thiol groups is 1. The number of ether oxygens (including phenoxy) is 1. The molecular weight excluding hydrogens is 977 g/mol. The Morgan fingerprint density at radius 3 is 2.03 bits per heavy atom. The molecule has 7 aromatic carbocycles. The van der Waals surface area contributed by atoms with Gasteiger partial charge in [0, 0.05) is 44.9 Å². The van der Waals surface area contributed by atoms with Gasteiger partial charge in [-0.15, -0.1) is 0 Å². The number of anilines is 3. The lowest BCUT2D eigenvalue weighted by molar-refractivity contribution is 0.306. The molecule has 0 N–H and O–H groups in total. The molecule has 1 aromatic heterocycles. The lowest BCUT2D eigenvalue weighted by Crippen LogP contribution is -2.30.